The highest BCUT2D eigenvalue weighted by atomic mass is 32.2. The Hall–Kier alpha value is -2.32. The predicted octanol–water partition coefficient (Wildman–Crippen LogP) is 2.72. The third kappa shape index (κ3) is 4.90. The molecule has 1 aromatic heterocycles. The topological polar surface area (TPSA) is 88.8 Å². The highest BCUT2D eigenvalue weighted by Crippen LogP contribution is 2.28. The maximum absolute atomic E-state index is 12.8. The van der Waals surface area contributed by atoms with E-state index in [4.69, 9.17) is 9.15 Å². The first-order valence-corrected chi connectivity index (χ1v) is 10.7. The molecule has 1 aliphatic rings. The van der Waals surface area contributed by atoms with Crippen LogP contribution in [0.25, 0.3) is 0 Å². The van der Waals surface area contributed by atoms with Crippen LogP contribution in [0.5, 0.6) is 11.7 Å². The second kappa shape index (κ2) is 7.74. The number of ether oxygens (including phenoxy) is 1. The van der Waals surface area contributed by atoms with Crippen LogP contribution in [0, 0.1) is 11.8 Å². The van der Waals surface area contributed by atoms with Crippen LogP contribution in [0.1, 0.15) is 24.4 Å². The molecule has 2 aromatic rings. The molecule has 1 saturated heterocycles. The molecule has 1 aromatic carbocycles. The fraction of sp³-hybridized carbons (Fsp3) is 0.421. The molecule has 0 saturated carbocycles. The van der Waals surface area contributed by atoms with Gasteiger partial charge in [0, 0.05) is 25.2 Å². The number of para-hydroxylation sites is 1. The summed E-state index contributed by atoms with van der Waals surface area (Å²) in [6, 6.07) is 12.0. The second-order valence-electron chi connectivity index (χ2n) is 7.15. The minimum absolute atomic E-state index is 0.0404. The number of hydrogen-bond acceptors (Lipinski definition) is 5. The van der Waals surface area contributed by atoms with Gasteiger partial charge in [-0.3, -0.25) is 4.79 Å². The van der Waals surface area contributed by atoms with Crippen LogP contribution in [0.2, 0.25) is 0 Å². The monoisotopic (exact) mass is 392 g/mol. The van der Waals surface area contributed by atoms with Gasteiger partial charge in [0.2, 0.25) is 10.0 Å². The molecule has 3 rings (SSSR count). The lowest BCUT2D eigenvalue weighted by Crippen LogP contribution is -2.41. The van der Waals surface area contributed by atoms with Gasteiger partial charge < -0.3 is 14.1 Å². The van der Waals surface area contributed by atoms with E-state index in [1.54, 1.807) is 29.2 Å². The van der Waals surface area contributed by atoms with Crippen molar-refractivity contribution in [3.05, 3.63) is 48.2 Å². The van der Waals surface area contributed by atoms with Gasteiger partial charge >= 0.3 is 0 Å². The summed E-state index contributed by atoms with van der Waals surface area (Å²) in [6.07, 6.45) is 1.13. The number of likely N-dealkylation sites (tertiary alicyclic amines) is 1. The Morgan fingerprint density at radius 1 is 1.19 bits per heavy atom. The van der Waals surface area contributed by atoms with E-state index in [9.17, 15) is 13.2 Å². The smallest absolute Gasteiger partial charge is 0.290 e. The standard InChI is InChI=1S/C19H24N2O5S/c1-13(2)15-11-21(12-16(15)20-27(3,23)24)19(22)17-9-10-18(26-17)25-14-7-5-4-6-8-14/h4-10,13,15-16,20H,11-12H2,1-3H3. The zero-order valence-electron chi connectivity index (χ0n) is 15.6. The SMILES string of the molecule is CC(C)C1CN(C(=O)c2ccc(Oc3ccccc3)o2)CC1NS(C)(=O)=O. The van der Waals surface area contributed by atoms with Crippen LogP contribution < -0.4 is 9.46 Å². The van der Waals surface area contributed by atoms with Gasteiger partial charge in [0.15, 0.2) is 5.76 Å². The zero-order valence-corrected chi connectivity index (χ0v) is 16.4. The van der Waals surface area contributed by atoms with Crippen molar-refractivity contribution >= 4 is 15.9 Å². The van der Waals surface area contributed by atoms with E-state index in [0.29, 0.717) is 18.8 Å². The van der Waals surface area contributed by atoms with Crippen LogP contribution in [0.3, 0.4) is 0 Å². The van der Waals surface area contributed by atoms with Crippen LogP contribution in [0.4, 0.5) is 0 Å². The van der Waals surface area contributed by atoms with E-state index in [1.807, 2.05) is 32.0 Å². The maximum atomic E-state index is 12.8. The molecule has 27 heavy (non-hydrogen) atoms. The molecular formula is C19H24N2O5S. The van der Waals surface area contributed by atoms with Crippen molar-refractivity contribution < 1.29 is 22.4 Å². The molecule has 1 N–H and O–H groups in total. The molecule has 2 atom stereocenters. The Balaban J connectivity index is 1.70. The number of amides is 1. The van der Waals surface area contributed by atoms with Crippen molar-refractivity contribution in [3.8, 4) is 11.7 Å². The minimum atomic E-state index is -3.35. The number of benzene rings is 1. The van der Waals surface area contributed by atoms with E-state index in [2.05, 4.69) is 4.72 Å². The molecule has 1 fully saturated rings. The Kier molecular flexibility index (Phi) is 5.57. The van der Waals surface area contributed by atoms with Gasteiger partial charge in [-0.05, 0) is 30.0 Å². The Morgan fingerprint density at radius 3 is 2.52 bits per heavy atom. The Bertz CT molecular complexity index is 892. The third-order valence-electron chi connectivity index (χ3n) is 4.63. The Morgan fingerprint density at radius 2 is 1.89 bits per heavy atom. The molecule has 146 valence electrons. The van der Waals surface area contributed by atoms with Crippen LogP contribution >= 0.6 is 0 Å². The van der Waals surface area contributed by atoms with Crippen molar-refractivity contribution in [2.45, 2.75) is 19.9 Å². The van der Waals surface area contributed by atoms with Gasteiger partial charge in [0.25, 0.3) is 11.9 Å². The fourth-order valence-electron chi connectivity index (χ4n) is 3.32. The lowest BCUT2D eigenvalue weighted by molar-refractivity contribution is 0.0746. The first kappa shape index (κ1) is 19.4. The van der Waals surface area contributed by atoms with Gasteiger partial charge in [-0.1, -0.05) is 32.0 Å². The highest BCUT2D eigenvalue weighted by molar-refractivity contribution is 7.88. The average Bonchev–Trinajstić information content (AvgIpc) is 3.21. The number of carbonyl (C=O) groups excluding carboxylic acids is 1. The number of carbonyl (C=O) groups is 1. The van der Waals surface area contributed by atoms with Gasteiger partial charge in [-0.15, -0.1) is 0 Å². The largest absolute Gasteiger partial charge is 0.426 e. The quantitative estimate of drug-likeness (QED) is 0.816. The lowest BCUT2D eigenvalue weighted by atomic mass is 9.92. The minimum Gasteiger partial charge on any atom is -0.426 e. The van der Waals surface area contributed by atoms with E-state index >= 15 is 0 Å². The molecule has 1 aliphatic heterocycles. The molecule has 1 amide bonds. The molecule has 2 unspecified atom stereocenters. The summed E-state index contributed by atoms with van der Waals surface area (Å²) in [6.45, 7) is 4.83. The third-order valence-corrected chi connectivity index (χ3v) is 5.36. The van der Waals surface area contributed by atoms with E-state index in [-0.39, 0.29) is 35.5 Å². The number of nitrogens with zero attached hydrogens (tertiary/aromatic N) is 1. The molecule has 0 bridgehead atoms. The average molecular weight is 392 g/mol. The number of rotatable bonds is 6. The number of sulfonamides is 1. The molecule has 0 spiro atoms. The first-order valence-electron chi connectivity index (χ1n) is 8.82. The number of nitrogens with one attached hydrogen (secondary N) is 1. The van der Waals surface area contributed by atoms with Crippen molar-refractivity contribution in [1.82, 2.24) is 9.62 Å². The van der Waals surface area contributed by atoms with Crippen LogP contribution in [0.15, 0.2) is 46.9 Å². The Labute approximate surface area is 159 Å². The normalized spacial score (nSPS) is 20.2. The van der Waals surface area contributed by atoms with Gasteiger partial charge in [0.05, 0.1) is 6.26 Å². The van der Waals surface area contributed by atoms with Crippen LogP contribution in [-0.4, -0.2) is 44.6 Å². The molecular weight excluding hydrogens is 368 g/mol. The lowest BCUT2D eigenvalue weighted by Gasteiger charge is -2.21. The van der Waals surface area contributed by atoms with Crippen molar-refractivity contribution in [2.24, 2.45) is 11.8 Å². The van der Waals surface area contributed by atoms with Crippen molar-refractivity contribution in [3.63, 3.8) is 0 Å². The summed E-state index contributed by atoms with van der Waals surface area (Å²) in [5.74, 6) is 1.01. The molecule has 0 aliphatic carbocycles. The molecule has 0 radical (unpaired) electrons. The van der Waals surface area contributed by atoms with Gasteiger partial charge in [-0.25, -0.2) is 13.1 Å². The number of hydrogen-bond donors (Lipinski definition) is 1. The molecule has 8 heteroatoms. The van der Waals surface area contributed by atoms with Crippen LogP contribution in [-0.2, 0) is 10.0 Å². The summed E-state index contributed by atoms with van der Waals surface area (Å²) in [4.78, 5) is 14.4. The second-order valence-corrected chi connectivity index (χ2v) is 8.93. The first-order chi connectivity index (χ1) is 12.7. The zero-order chi connectivity index (χ0) is 19.6. The molecule has 7 nitrogen and oxygen atoms in total. The summed E-state index contributed by atoms with van der Waals surface area (Å²) in [5, 5.41) is 0. The van der Waals surface area contributed by atoms with Crippen molar-refractivity contribution in [2.75, 3.05) is 19.3 Å². The maximum Gasteiger partial charge on any atom is 0.290 e. The summed E-state index contributed by atoms with van der Waals surface area (Å²) in [7, 11) is -3.35. The predicted molar refractivity (Wildman–Crippen MR) is 101 cm³/mol. The number of furan rings is 1. The van der Waals surface area contributed by atoms with Gasteiger partial charge in [0.1, 0.15) is 5.75 Å². The van der Waals surface area contributed by atoms with E-state index < -0.39 is 10.0 Å². The summed E-state index contributed by atoms with van der Waals surface area (Å²) >= 11 is 0. The van der Waals surface area contributed by atoms with Gasteiger partial charge in [-0.2, -0.15) is 0 Å². The van der Waals surface area contributed by atoms with E-state index in [1.165, 1.54) is 0 Å². The summed E-state index contributed by atoms with van der Waals surface area (Å²) in [5.41, 5.74) is 0. The van der Waals surface area contributed by atoms with Crippen molar-refractivity contribution in [1.29, 1.82) is 0 Å². The summed E-state index contributed by atoms with van der Waals surface area (Å²) < 4.78 is 37.0. The fourth-order valence-corrected chi connectivity index (χ4v) is 4.12. The van der Waals surface area contributed by atoms with E-state index in [0.717, 1.165) is 6.26 Å². The molecule has 2 heterocycles. The highest BCUT2D eigenvalue weighted by Gasteiger charge is 2.39.